The molecule has 0 fully saturated rings. The highest BCUT2D eigenvalue weighted by atomic mass is 28.1. The van der Waals surface area contributed by atoms with Gasteiger partial charge < -0.3 is 0 Å². The zero-order valence-corrected chi connectivity index (χ0v) is 9.73. The van der Waals surface area contributed by atoms with Crippen LogP contribution < -0.4 is 0 Å². The van der Waals surface area contributed by atoms with Gasteiger partial charge in [-0.3, -0.25) is 0 Å². The molecule has 0 aliphatic heterocycles. The van der Waals surface area contributed by atoms with E-state index in [9.17, 15) is 0 Å². The minimum Gasteiger partial charge on any atom is -0.0880 e. The molecule has 1 aromatic carbocycles. The lowest BCUT2D eigenvalue weighted by atomic mass is 9.98. The van der Waals surface area contributed by atoms with Crippen molar-refractivity contribution in [1.29, 1.82) is 0 Å². The van der Waals surface area contributed by atoms with Crippen LogP contribution in [0.15, 0.2) is 23.4 Å². The van der Waals surface area contributed by atoms with Gasteiger partial charge >= 0.3 is 0 Å². The number of aryl methyl sites for hydroxylation is 1. The van der Waals surface area contributed by atoms with E-state index in [1.54, 1.807) is 0 Å². The topological polar surface area (TPSA) is 0 Å². The van der Waals surface area contributed by atoms with Gasteiger partial charge in [0.1, 0.15) is 0 Å². The van der Waals surface area contributed by atoms with E-state index in [2.05, 4.69) is 56.1 Å². The lowest BCUT2D eigenvalue weighted by molar-refractivity contribution is 1.30. The van der Waals surface area contributed by atoms with E-state index in [1.807, 2.05) is 0 Å². The van der Waals surface area contributed by atoms with Crippen LogP contribution in [-0.2, 0) is 0 Å². The molecular weight excluding hydrogens is 172 g/mol. The third-order valence-corrected chi connectivity index (χ3v) is 2.95. The number of rotatable bonds is 1. The first-order valence-electron chi connectivity index (χ1n) is 4.49. The Hall–Kier alpha value is -0.823. The first-order chi connectivity index (χ1) is 6.04. The van der Waals surface area contributed by atoms with E-state index >= 15 is 0 Å². The Balaban J connectivity index is 3.32. The number of allylic oxidation sites excluding steroid dienone is 2. The van der Waals surface area contributed by atoms with Crippen LogP contribution in [0.1, 0.15) is 30.5 Å². The van der Waals surface area contributed by atoms with Crippen LogP contribution >= 0.6 is 0 Å². The van der Waals surface area contributed by atoms with Crippen molar-refractivity contribution in [2.75, 3.05) is 0 Å². The van der Waals surface area contributed by atoms with Crippen LogP contribution in [-0.4, -0.2) is 10.2 Å². The fraction of sp³-hybridized carbons (Fsp3) is 0.333. The summed E-state index contributed by atoms with van der Waals surface area (Å²) < 4.78 is 0. The second-order valence-corrected chi connectivity index (χ2v) is 4.25. The Morgan fingerprint density at radius 3 is 2.31 bits per heavy atom. The second kappa shape index (κ2) is 3.92. The third kappa shape index (κ3) is 2.10. The van der Waals surface area contributed by atoms with Gasteiger partial charge in [0.25, 0.3) is 0 Å². The summed E-state index contributed by atoms with van der Waals surface area (Å²) >= 11 is 0. The van der Waals surface area contributed by atoms with Gasteiger partial charge in [-0.1, -0.05) is 23.4 Å². The summed E-state index contributed by atoms with van der Waals surface area (Å²) in [5, 5.41) is 1.20. The molecule has 0 N–H and O–H groups in total. The van der Waals surface area contributed by atoms with Gasteiger partial charge in [-0.25, -0.2) is 0 Å². The summed E-state index contributed by atoms with van der Waals surface area (Å²) in [7, 11) is 3.56. The minimum absolute atomic E-state index is 1.20. The predicted octanol–water partition coefficient (Wildman–Crippen LogP) is 3.22. The summed E-state index contributed by atoms with van der Waals surface area (Å²) in [6.45, 7) is 8.54. The van der Waals surface area contributed by atoms with E-state index < -0.39 is 0 Å². The van der Waals surface area contributed by atoms with Gasteiger partial charge in [0, 0.05) is 0 Å². The molecule has 67 valence electrons. The predicted molar refractivity (Wildman–Crippen MR) is 59.9 cm³/mol. The van der Waals surface area contributed by atoms with E-state index in [1.165, 1.54) is 27.5 Å². The van der Waals surface area contributed by atoms with Gasteiger partial charge in [0.05, 0.1) is 10.2 Å². The monoisotopic (exact) mass is 187 g/mol. The average molecular weight is 187 g/mol. The Bertz CT molecular complexity index is 344. The normalized spacial score (nSPS) is 12.7. The SMILES string of the molecule is CC([Si])=C(C)c1cccc(C)c1C. The third-order valence-electron chi connectivity index (χ3n) is 2.57. The van der Waals surface area contributed by atoms with Crippen molar-refractivity contribution >= 4 is 15.8 Å². The largest absolute Gasteiger partial charge is 0.0880 e. The van der Waals surface area contributed by atoms with Crippen molar-refractivity contribution in [3.8, 4) is 0 Å². The van der Waals surface area contributed by atoms with Gasteiger partial charge in [0.2, 0.25) is 0 Å². The standard InChI is InChI=1S/C12H15Si/c1-8-6-5-7-12(9(8)2)10(3)11(4)13/h5-7H,1-4H3. The van der Waals surface area contributed by atoms with E-state index in [4.69, 9.17) is 0 Å². The highest BCUT2D eigenvalue weighted by Crippen LogP contribution is 2.22. The van der Waals surface area contributed by atoms with Crippen LogP contribution in [0.2, 0.25) is 0 Å². The number of hydrogen-bond donors (Lipinski definition) is 0. The van der Waals surface area contributed by atoms with Crippen molar-refractivity contribution < 1.29 is 0 Å². The maximum absolute atomic E-state index is 3.56. The minimum atomic E-state index is 1.20. The number of hydrogen-bond acceptors (Lipinski definition) is 0. The maximum Gasteiger partial charge on any atom is 0.0650 e. The van der Waals surface area contributed by atoms with Crippen molar-refractivity contribution in [3.05, 3.63) is 40.1 Å². The van der Waals surface area contributed by atoms with Gasteiger partial charge in [0.15, 0.2) is 0 Å². The molecule has 0 aliphatic rings. The molecular formula is C12H15Si. The van der Waals surface area contributed by atoms with Gasteiger partial charge in [-0.2, -0.15) is 0 Å². The molecule has 1 rings (SSSR count). The molecule has 0 aromatic heterocycles. The molecule has 1 heteroatoms. The molecule has 0 heterocycles. The molecule has 3 radical (unpaired) electrons. The quantitative estimate of drug-likeness (QED) is 0.592. The highest BCUT2D eigenvalue weighted by Gasteiger charge is 2.02. The Kier molecular flexibility index (Phi) is 3.10. The van der Waals surface area contributed by atoms with Crippen molar-refractivity contribution in [2.24, 2.45) is 0 Å². The molecule has 0 atom stereocenters. The number of benzene rings is 1. The van der Waals surface area contributed by atoms with Gasteiger partial charge in [-0.05, 0) is 50.0 Å². The van der Waals surface area contributed by atoms with Gasteiger partial charge in [-0.15, -0.1) is 0 Å². The maximum atomic E-state index is 3.56. The molecule has 0 saturated heterocycles. The van der Waals surface area contributed by atoms with Crippen LogP contribution in [0.3, 0.4) is 0 Å². The summed E-state index contributed by atoms with van der Waals surface area (Å²) in [5.74, 6) is 0. The fourth-order valence-corrected chi connectivity index (χ4v) is 1.49. The Labute approximate surface area is 84.1 Å². The summed E-state index contributed by atoms with van der Waals surface area (Å²) in [6.07, 6.45) is 0. The molecule has 0 aliphatic carbocycles. The first-order valence-corrected chi connectivity index (χ1v) is 4.99. The molecule has 1 aromatic rings. The van der Waals surface area contributed by atoms with Crippen LogP contribution in [0.4, 0.5) is 0 Å². The molecule has 0 amide bonds. The molecule has 0 nitrogen and oxygen atoms in total. The molecule has 0 saturated carbocycles. The zero-order chi connectivity index (χ0) is 10.0. The molecule has 0 unspecified atom stereocenters. The summed E-state index contributed by atoms with van der Waals surface area (Å²) in [6, 6.07) is 6.42. The summed E-state index contributed by atoms with van der Waals surface area (Å²) in [4.78, 5) is 0. The average Bonchev–Trinajstić information content (AvgIpc) is 2.08. The lowest BCUT2D eigenvalue weighted by Crippen LogP contribution is -1.91. The van der Waals surface area contributed by atoms with Crippen molar-refractivity contribution in [2.45, 2.75) is 27.7 Å². The van der Waals surface area contributed by atoms with E-state index in [0.29, 0.717) is 0 Å². The molecule has 0 spiro atoms. The van der Waals surface area contributed by atoms with Crippen molar-refractivity contribution in [3.63, 3.8) is 0 Å². The van der Waals surface area contributed by atoms with E-state index in [-0.39, 0.29) is 0 Å². The summed E-state index contributed by atoms with van der Waals surface area (Å²) in [5.41, 5.74) is 5.38. The lowest BCUT2D eigenvalue weighted by Gasteiger charge is -2.10. The Morgan fingerprint density at radius 1 is 1.15 bits per heavy atom. The first kappa shape index (κ1) is 10.3. The zero-order valence-electron chi connectivity index (χ0n) is 8.73. The van der Waals surface area contributed by atoms with Crippen LogP contribution in [0.5, 0.6) is 0 Å². The van der Waals surface area contributed by atoms with Crippen LogP contribution in [0.25, 0.3) is 5.57 Å². The molecule has 0 bridgehead atoms. The highest BCUT2D eigenvalue weighted by molar-refractivity contribution is 6.24. The van der Waals surface area contributed by atoms with Crippen LogP contribution in [0, 0.1) is 13.8 Å². The van der Waals surface area contributed by atoms with Crippen molar-refractivity contribution in [1.82, 2.24) is 0 Å². The van der Waals surface area contributed by atoms with E-state index in [0.717, 1.165) is 0 Å². The Morgan fingerprint density at radius 2 is 1.77 bits per heavy atom. The molecule has 13 heavy (non-hydrogen) atoms. The fourth-order valence-electron chi connectivity index (χ4n) is 1.36. The smallest absolute Gasteiger partial charge is 0.0650 e. The second-order valence-electron chi connectivity index (χ2n) is 3.50.